The van der Waals surface area contributed by atoms with Crippen LogP contribution >= 0.6 is 0 Å². The number of hydrogen-bond donors (Lipinski definition) is 9. The van der Waals surface area contributed by atoms with Gasteiger partial charge in [0.15, 0.2) is 6.23 Å². The molecule has 0 unspecified atom stereocenters. The summed E-state index contributed by atoms with van der Waals surface area (Å²) in [6.45, 7) is -0.956. The largest absolute Gasteiger partial charge is 0.394 e. The SMILES string of the molecule is O=c1[nH]cc([C@@H]2O[C@H](CO)[C@@H](O)[C@H]2O)c(=O)[nH]1.O=c1ccn([C@@H]2O[C@H](CO)[C@@H](O)[C@H]2O)c(=O)[nH]1. The molecule has 188 valence electrons. The van der Waals surface area contributed by atoms with Crippen molar-refractivity contribution in [2.75, 3.05) is 13.2 Å². The van der Waals surface area contributed by atoms with Gasteiger partial charge in [-0.2, -0.15) is 0 Å². The summed E-state index contributed by atoms with van der Waals surface area (Å²) in [5, 5.41) is 56.2. The fourth-order valence-corrected chi connectivity index (χ4v) is 3.53. The first-order valence-electron chi connectivity index (χ1n) is 9.97. The minimum Gasteiger partial charge on any atom is -0.394 e. The van der Waals surface area contributed by atoms with Crippen molar-refractivity contribution in [2.24, 2.45) is 0 Å². The highest BCUT2D eigenvalue weighted by molar-refractivity contribution is 5.13. The van der Waals surface area contributed by atoms with Crippen molar-refractivity contribution in [3.63, 3.8) is 0 Å². The molecule has 0 bridgehead atoms. The van der Waals surface area contributed by atoms with Crippen LogP contribution in [0.2, 0.25) is 0 Å². The number of hydrogen-bond acceptors (Lipinski definition) is 12. The molecule has 2 aromatic rings. The predicted molar refractivity (Wildman–Crippen MR) is 109 cm³/mol. The molecular weight excluding hydrogens is 464 g/mol. The Morgan fingerprint density at radius 2 is 1.47 bits per heavy atom. The summed E-state index contributed by atoms with van der Waals surface area (Å²) in [6, 6.07) is 1.09. The van der Waals surface area contributed by atoms with E-state index in [-0.39, 0.29) is 5.56 Å². The quantitative estimate of drug-likeness (QED) is 0.195. The number of aromatic nitrogens is 4. The van der Waals surface area contributed by atoms with Gasteiger partial charge in [0.2, 0.25) is 0 Å². The second-order valence-corrected chi connectivity index (χ2v) is 7.53. The molecule has 0 aliphatic carbocycles. The van der Waals surface area contributed by atoms with Gasteiger partial charge in [0.25, 0.3) is 11.1 Å². The van der Waals surface area contributed by atoms with Gasteiger partial charge in [0.1, 0.15) is 42.7 Å². The Morgan fingerprint density at radius 1 is 0.853 bits per heavy atom. The molecule has 2 aromatic heterocycles. The molecule has 2 saturated heterocycles. The molecule has 16 nitrogen and oxygen atoms in total. The number of nitrogens with zero attached hydrogens (tertiary/aromatic N) is 1. The molecule has 0 radical (unpaired) electrons. The molecule has 0 saturated carbocycles. The average Bonchev–Trinajstić information content (AvgIpc) is 3.24. The summed E-state index contributed by atoms with van der Waals surface area (Å²) < 4.78 is 11.2. The van der Waals surface area contributed by atoms with E-state index in [1.165, 1.54) is 0 Å². The van der Waals surface area contributed by atoms with Gasteiger partial charge in [0.05, 0.1) is 18.8 Å². The summed E-state index contributed by atoms with van der Waals surface area (Å²) in [5.74, 6) is 0. The molecule has 0 amide bonds. The molecule has 0 spiro atoms. The Labute approximate surface area is 188 Å². The third-order valence-corrected chi connectivity index (χ3v) is 5.34. The zero-order chi connectivity index (χ0) is 25.2. The highest BCUT2D eigenvalue weighted by Crippen LogP contribution is 2.31. The van der Waals surface area contributed by atoms with Crippen molar-refractivity contribution >= 4 is 0 Å². The van der Waals surface area contributed by atoms with Gasteiger partial charge in [-0.15, -0.1) is 0 Å². The zero-order valence-electron chi connectivity index (χ0n) is 17.3. The topological polar surface area (TPSA) is 260 Å². The molecule has 2 aliphatic rings. The van der Waals surface area contributed by atoms with E-state index in [4.69, 9.17) is 19.7 Å². The van der Waals surface area contributed by atoms with Gasteiger partial charge in [-0.3, -0.25) is 24.1 Å². The maximum atomic E-state index is 11.5. The summed E-state index contributed by atoms with van der Waals surface area (Å²) in [6.07, 6.45) is -7.12. The van der Waals surface area contributed by atoms with Gasteiger partial charge in [0, 0.05) is 18.5 Å². The van der Waals surface area contributed by atoms with E-state index in [1.807, 2.05) is 9.97 Å². The van der Waals surface area contributed by atoms with Gasteiger partial charge >= 0.3 is 11.4 Å². The van der Waals surface area contributed by atoms with Crippen LogP contribution in [0.3, 0.4) is 0 Å². The Kier molecular flexibility index (Phi) is 7.95. The van der Waals surface area contributed by atoms with Crippen LogP contribution in [0.1, 0.15) is 17.9 Å². The van der Waals surface area contributed by atoms with Gasteiger partial charge in [-0.05, 0) is 0 Å². The molecule has 4 heterocycles. The van der Waals surface area contributed by atoms with Gasteiger partial charge in [-0.25, -0.2) is 9.59 Å². The fourth-order valence-electron chi connectivity index (χ4n) is 3.53. The van der Waals surface area contributed by atoms with Crippen LogP contribution < -0.4 is 22.5 Å². The van der Waals surface area contributed by atoms with Crippen molar-refractivity contribution < 1.29 is 40.1 Å². The summed E-state index contributed by atoms with van der Waals surface area (Å²) in [7, 11) is 0. The first kappa shape index (κ1) is 25.7. The molecule has 34 heavy (non-hydrogen) atoms. The van der Waals surface area contributed by atoms with E-state index in [9.17, 15) is 39.6 Å². The van der Waals surface area contributed by atoms with Crippen LogP contribution in [0.15, 0.2) is 37.6 Å². The van der Waals surface area contributed by atoms with Crippen molar-refractivity contribution in [3.05, 3.63) is 65.7 Å². The van der Waals surface area contributed by atoms with Crippen LogP contribution in [-0.4, -0.2) is 100.0 Å². The lowest BCUT2D eigenvalue weighted by molar-refractivity contribution is -0.0550. The number of aromatic amines is 3. The summed E-state index contributed by atoms with van der Waals surface area (Å²) in [5.41, 5.74) is -2.72. The Hall–Kier alpha value is -2.96. The molecule has 0 aromatic carbocycles. The van der Waals surface area contributed by atoms with Crippen molar-refractivity contribution in [2.45, 2.75) is 49.0 Å². The predicted octanol–water partition coefficient (Wildman–Crippen LogP) is -5.63. The number of ether oxygens (including phenoxy) is 2. The molecule has 9 N–H and O–H groups in total. The van der Waals surface area contributed by atoms with E-state index in [0.29, 0.717) is 0 Å². The standard InChI is InChI=1S/2C9H12N2O6/c12-2-4-5(13)6(14)7(17-4)3-1-10-9(16)11-8(3)15;12-3-4-6(14)7(15)8(17-4)11-2-1-5(13)10-9(11)16/h1,4-7,12-14H,2H2,(H2,10,11,15,16);1-2,4,6-8,12,14-15H,3H2,(H,10,13,16)/t4-,5-,6-,7+;4-,6-,7-,8-/m11/s1. The van der Waals surface area contributed by atoms with Crippen LogP contribution in [-0.2, 0) is 9.47 Å². The lowest BCUT2D eigenvalue weighted by Crippen LogP contribution is -2.37. The Bertz CT molecular complexity index is 1110. The first-order valence-corrected chi connectivity index (χ1v) is 9.97. The number of rotatable bonds is 4. The molecular formula is C18H24N4O12. The maximum Gasteiger partial charge on any atom is 0.330 e. The molecule has 4 rings (SSSR count). The molecule has 2 fully saturated rings. The lowest BCUT2D eigenvalue weighted by atomic mass is 10.0. The highest BCUT2D eigenvalue weighted by atomic mass is 16.6. The zero-order valence-corrected chi connectivity index (χ0v) is 17.3. The molecule has 2 aliphatic heterocycles. The highest BCUT2D eigenvalue weighted by Gasteiger charge is 2.44. The van der Waals surface area contributed by atoms with E-state index < -0.39 is 84.7 Å². The second kappa shape index (κ2) is 10.5. The fraction of sp³-hybridized carbons (Fsp3) is 0.556. The van der Waals surface area contributed by atoms with Gasteiger partial charge in [-0.1, -0.05) is 0 Å². The van der Waals surface area contributed by atoms with E-state index in [0.717, 1.165) is 23.0 Å². The lowest BCUT2D eigenvalue weighted by Gasteiger charge is -2.16. The number of aliphatic hydroxyl groups is 6. The summed E-state index contributed by atoms with van der Waals surface area (Å²) in [4.78, 5) is 50.8. The number of nitrogens with one attached hydrogen (secondary N) is 3. The maximum absolute atomic E-state index is 11.5. The van der Waals surface area contributed by atoms with E-state index in [1.54, 1.807) is 0 Å². The Balaban J connectivity index is 0.000000191. The van der Waals surface area contributed by atoms with Crippen LogP contribution in [0, 0.1) is 0 Å². The number of H-pyrrole nitrogens is 3. The third-order valence-electron chi connectivity index (χ3n) is 5.34. The number of aliphatic hydroxyl groups excluding tert-OH is 6. The normalized spacial score (nSPS) is 32.9. The van der Waals surface area contributed by atoms with Crippen molar-refractivity contribution in [3.8, 4) is 0 Å². The van der Waals surface area contributed by atoms with Crippen LogP contribution in [0.5, 0.6) is 0 Å². The summed E-state index contributed by atoms with van der Waals surface area (Å²) >= 11 is 0. The first-order chi connectivity index (χ1) is 16.1. The van der Waals surface area contributed by atoms with E-state index in [2.05, 4.69) is 4.98 Å². The third kappa shape index (κ3) is 5.08. The molecule has 16 heteroatoms. The average molecular weight is 488 g/mol. The Morgan fingerprint density at radius 3 is 2.00 bits per heavy atom. The second-order valence-electron chi connectivity index (χ2n) is 7.53. The van der Waals surface area contributed by atoms with Crippen LogP contribution in [0.25, 0.3) is 0 Å². The minimum atomic E-state index is -1.35. The van der Waals surface area contributed by atoms with Crippen LogP contribution in [0.4, 0.5) is 0 Å². The van der Waals surface area contributed by atoms with Gasteiger partial charge < -0.3 is 45.1 Å². The van der Waals surface area contributed by atoms with Crippen molar-refractivity contribution in [1.82, 2.24) is 19.5 Å². The molecule has 8 atom stereocenters. The smallest absolute Gasteiger partial charge is 0.330 e. The van der Waals surface area contributed by atoms with E-state index >= 15 is 0 Å². The van der Waals surface area contributed by atoms with Crippen molar-refractivity contribution in [1.29, 1.82) is 0 Å². The minimum absolute atomic E-state index is 0.00731. The monoisotopic (exact) mass is 488 g/mol.